The quantitative estimate of drug-likeness (QED) is 0.738. The highest BCUT2D eigenvalue weighted by Gasteiger charge is 2.15. The molecule has 1 aliphatic rings. The lowest BCUT2D eigenvalue weighted by atomic mass is 10.2. The molecule has 108 valence electrons. The summed E-state index contributed by atoms with van der Waals surface area (Å²) in [4.78, 5) is 26.0. The van der Waals surface area contributed by atoms with E-state index >= 15 is 0 Å². The third kappa shape index (κ3) is 4.20. The lowest BCUT2D eigenvalue weighted by Crippen LogP contribution is -2.39. The van der Waals surface area contributed by atoms with E-state index in [4.69, 9.17) is 9.84 Å². The molecule has 1 fully saturated rings. The fourth-order valence-electron chi connectivity index (χ4n) is 1.91. The van der Waals surface area contributed by atoms with Crippen molar-refractivity contribution in [2.75, 3.05) is 13.2 Å². The first-order valence-corrected chi connectivity index (χ1v) is 6.46. The molecule has 0 radical (unpaired) electrons. The number of nitrogens with one attached hydrogen (secondary N) is 2. The molecule has 0 spiro atoms. The molecule has 0 saturated carbocycles. The van der Waals surface area contributed by atoms with Gasteiger partial charge in [-0.2, -0.15) is 0 Å². The SMILES string of the molecule is O=C(NCc1ccc(C(=O)O)nc1)NCC1CCCO1. The first-order valence-electron chi connectivity index (χ1n) is 6.46. The van der Waals surface area contributed by atoms with Crippen LogP contribution in [0.1, 0.15) is 28.9 Å². The first kappa shape index (κ1) is 14.3. The summed E-state index contributed by atoms with van der Waals surface area (Å²) in [6, 6.07) is 2.75. The number of hydrogen-bond donors (Lipinski definition) is 3. The van der Waals surface area contributed by atoms with Crippen molar-refractivity contribution < 1.29 is 19.4 Å². The van der Waals surface area contributed by atoms with Crippen LogP contribution in [0.5, 0.6) is 0 Å². The number of carboxylic acids is 1. The molecule has 1 aromatic rings. The van der Waals surface area contributed by atoms with Gasteiger partial charge in [-0.3, -0.25) is 0 Å². The number of urea groups is 1. The normalized spacial score (nSPS) is 17.7. The van der Waals surface area contributed by atoms with Crippen molar-refractivity contribution in [2.24, 2.45) is 0 Å². The van der Waals surface area contributed by atoms with Gasteiger partial charge >= 0.3 is 12.0 Å². The second kappa shape index (κ2) is 6.85. The summed E-state index contributed by atoms with van der Waals surface area (Å²) in [5.41, 5.74) is 0.721. The number of ether oxygens (including phenoxy) is 1. The monoisotopic (exact) mass is 279 g/mol. The van der Waals surface area contributed by atoms with Crippen LogP contribution in [0.4, 0.5) is 4.79 Å². The maximum Gasteiger partial charge on any atom is 0.354 e. The predicted molar refractivity (Wildman–Crippen MR) is 70.4 cm³/mol. The highest BCUT2D eigenvalue weighted by Crippen LogP contribution is 2.10. The van der Waals surface area contributed by atoms with Crippen molar-refractivity contribution in [3.63, 3.8) is 0 Å². The molecule has 0 aromatic carbocycles. The number of pyridine rings is 1. The molecule has 0 bridgehead atoms. The molecule has 1 saturated heterocycles. The van der Waals surface area contributed by atoms with Gasteiger partial charge in [-0.05, 0) is 24.5 Å². The van der Waals surface area contributed by atoms with Crippen LogP contribution in [-0.2, 0) is 11.3 Å². The number of carbonyl (C=O) groups is 2. The number of aromatic nitrogens is 1. The van der Waals surface area contributed by atoms with E-state index < -0.39 is 5.97 Å². The number of aromatic carboxylic acids is 1. The summed E-state index contributed by atoms with van der Waals surface area (Å²) in [5.74, 6) is -1.07. The Morgan fingerprint density at radius 3 is 2.85 bits per heavy atom. The van der Waals surface area contributed by atoms with Crippen LogP contribution < -0.4 is 10.6 Å². The van der Waals surface area contributed by atoms with Gasteiger partial charge in [0, 0.05) is 25.9 Å². The molecule has 1 atom stereocenters. The fraction of sp³-hybridized carbons (Fsp3) is 0.462. The summed E-state index contributed by atoms with van der Waals surface area (Å²) in [6.07, 6.45) is 3.55. The second-order valence-corrected chi connectivity index (χ2v) is 4.56. The fourth-order valence-corrected chi connectivity index (χ4v) is 1.91. The van der Waals surface area contributed by atoms with Crippen LogP contribution >= 0.6 is 0 Å². The van der Waals surface area contributed by atoms with E-state index in [1.807, 2.05) is 0 Å². The van der Waals surface area contributed by atoms with E-state index in [1.54, 1.807) is 6.07 Å². The Kier molecular flexibility index (Phi) is 4.89. The molecule has 0 aliphatic carbocycles. The van der Waals surface area contributed by atoms with Crippen LogP contribution in [-0.4, -0.2) is 41.3 Å². The van der Waals surface area contributed by atoms with Crippen LogP contribution in [0.25, 0.3) is 0 Å². The van der Waals surface area contributed by atoms with E-state index in [2.05, 4.69) is 15.6 Å². The number of rotatable bonds is 5. The van der Waals surface area contributed by atoms with E-state index in [9.17, 15) is 9.59 Å². The Balaban J connectivity index is 1.70. The van der Waals surface area contributed by atoms with Crippen molar-refractivity contribution >= 4 is 12.0 Å². The molecular formula is C13H17N3O4. The summed E-state index contributed by atoms with van der Waals surface area (Å²) < 4.78 is 5.39. The average molecular weight is 279 g/mol. The average Bonchev–Trinajstić information content (AvgIpc) is 2.96. The van der Waals surface area contributed by atoms with Crippen LogP contribution in [0.3, 0.4) is 0 Å². The molecule has 1 aromatic heterocycles. The molecule has 20 heavy (non-hydrogen) atoms. The van der Waals surface area contributed by atoms with Gasteiger partial charge in [0.15, 0.2) is 0 Å². The molecule has 2 rings (SSSR count). The lowest BCUT2D eigenvalue weighted by Gasteiger charge is -2.11. The van der Waals surface area contributed by atoms with Gasteiger partial charge in [0.1, 0.15) is 5.69 Å². The maximum absolute atomic E-state index is 11.6. The predicted octanol–water partition coefficient (Wildman–Crippen LogP) is 0.758. The molecular weight excluding hydrogens is 262 g/mol. The molecule has 1 aliphatic heterocycles. The zero-order chi connectivity index (χ0) is 14.4. The number of carboxylic acid groups (broad SMARTS) is 1. The molecule has 2 heterocycles. The van der Waals surface area contributed by atoms with Crippen LogP contribution in [0.2, 0.25) is 0 Å². The minimum atomic E-state index is -1.07. The molecule has 1 unspecified atom stereocenters. The smallest absolute Gasteiger partial charge is 0.354 e. The van der Waals surface area contributed by atoms with Gasteiger partial charge < -0.3 is 20.5 Å². The Morgan fingerprint density at radius 1 is 1.40 bits per heavy atom. The number of hydrogen-bond acceptors (Lipinski definition) is 4. The number of amides is 2. The Morgan fingerprint density at radius 2 is 2.25 bits per heavy atom. The Bertz CT molecular complexity index is 469. The highest BCUT2D eigenvalue weighted by atomic mass is 16.5. The standard InChI is InChI=1S/C13H17N3O4/c17-12(18)11-4-3-9(6-14-11)7-15-13(19)16-8-10-2-1-5-20-10/h3-4,6,10H,1-2,5,7-8H2,(H,17,18)(H2,15,16,19). The maximum atomic E-state index is 11.6. The third-order valence-electron chi connectivity index (χ3n) is 3.01. The molecule has 2 amide bonds. The van der Waals surface area contributed by atoms with Crippen molar-refractivity contribution in [2.45, 2.75) is 25.5 Å². The van der Waals surface area contributed by atoms with Gasteiger partial charge in [0.2, 0.25) is 0 Å². The van der Waals surface area contributed by atoms with Gasteiger partial charge in [-0.15, -0.1) is 0 Å². The van der Waals surface area contributed by atoms with Gasteiger partial charge in [-0.25, -0.2) is 14.6 Å². The second-order valence-electron chi connectivity index (χ2n) is 4.56. The zero-order valence-corrected chi connectivity index (χ0v) is 11.0. The molecule has 7 nitrogen and oxygen atoms in total. The van der Waals surface area contributed by atoms with E-state index in [-0.39, 0.29) is 17.8 Å². The van der Waals surface area contributed by atoms with Crippen molar-refractivity contribution in [3.8, 4) is 0 Å². The van der Waals surface area contributed by atoms with Crippen molar-refractivity contribution in [1.29, 1.82) is 0 Å². The minimum absolute atomic E-state index is 0.0171. The van der Waals surface area contributed by atoms with E-state index in [1.165, 1.54) is 12.3 Å². The minimum Gasteiger partial charge on any atom is -0.477 e. The molecule has 3 N–H and O–H groups in total. The van der Waals surface area contributed by atoms with Crippen molar-refractivity contribution in [1.82, 2.24) is 15.6 Å². The van der Waals surface area contributed by atoms with Crippen molar-refractivity contribution in [3.05, 3.63) is 29.6 Å². The summed E-state index contributed by atoms with van der Waals surface area (Å²) in [5, 5.41) is 14.1. The Labute approximate surface area is 116 Å². The summed E-state index contributed by atoms with van der Waals surface area (Å²) >= 11 is 0. The van der Waals surface area contributed by atoms with E-state index in [0.29, 0.717) is 13.1 Å². The van der Waals surface area contributed by atoms with E-state index in [0.717, 1.165) is 25.0 Å². The Hall–Kier alpha value is -2.15. The van der Waals surface area contributed by atoms with Crippen LogP contribution in [0.15, 0.2) is 18.3 Å². The number of carbonyl (C=O) groups excluding carboxylic acids is 1. The van der Waals surface area contributed by atoms with Gasteiger partial charge in [0.25, 0.3) is 0 Å². The lowest BCUT2D eigenvalue weighted by molar-refractivity contribution is 0.0690. The molecule has 7 heteroatoms. The van der Waals surface area contributed by atoms with Crippen LogP contribution in [0, 0.1) is 0 Å². The van der Waals surface area contributed by atoms with Gasteiger partial charge in [0.05, 0.1) is 6.10 Å². The number of nitrogens with zero attached hydrogens (tertiary/aromatic N) is 1. The summed E-state index contributed by atoms with van der Waals surface area (Å²) in [6.45, 7) is 1.56. The highest BCUT2D eigenvalue weighted by molar-refractivity contribution is 5.85. The largest absolute Gasteiger partial charge is 0.477 e. The third-order valence-corrected chi connectivity index (χ3v) is 3.01. The zero-order valence-electron chi connectivity index (χ0n) is 11.0. The summed E-state index contributed by atoms with van der Waals surface area (Å²) in [7, 11) is 0. The first-order chi connectivity index (χ1) is 9.65. The van der Waals surface area contributed by atoms with Gasteiger partial charge in [-0.1, -0.05) is 6.07 Å². The topological polar surface area (TPSA) is 101 Å².